The fourth-order valence-corrected chi connectivity index (χ4v) is 3.08. The van der Waals surface area contributed by atoms with Crippen molar-refractivity contribution in [3.05, 3.63) is 46.5 Å². The summed E-state index contributed by atoms with van der Waals surface area (Å²) in [6.45, 7) is 4.29. The van der Waals surface area contributed by atoms with Gasteiger partial charge in [0.05, 0.1) is 17.7 Å². The molecule has 2 amide bonds. The summed E-state index contributed by atoms with van der Waals surface area (Å²) >= 11 is 1.67. The van der Waals surface area contributed by atoms with Gasteiger partial charge in [0, 0.05) is 6.54 Å². The number of hydrogen-bond donors (Lipinski definition) is 3. The van der Waals surface area contributed by atoms with Crippen LogP contribution in [0, 0.1) is 0 Å². The molecule has 0 radical (unpaired) electrons. The van der Waals surface area contributed by atoms with Crippen molar-refractivity contribution in [3.63, 3.8) is 0 Å². The fraction of sp³-hybridized carbons (Fsp3) is 0.412. The molecular formula is C17H24N3O3S+. The Morgan fingerprint density at radius 2 is 2.04 bits per heavy atom. The first-order valence-electron chi connectivity index (χ1n) is 8.09. The van der Waals surface area contributed by atoms with Gasteiger partial charge in [0.25, 0.3) is 5.91 Å². The number of thiophene rings is 1. The maximum Gasteiger partial charge on any atom is 0.275 e. The zero-order valence-electron chi connectivity index (χ0n) is 13.8. The smallest absolute Gasteiger partial charge is 0.275 e. The summed E-state index contributed by atoms with van der Waals surface area (Å²) in [6, 6.07) is 7.81. The van der Waals surface area contributed by atoms with Crippen molar-refractivity contribution in [1.82, 2.24) is 10.6 Å². The van der Waals surface area contributed by atoms with Gasteiger partial charge < -0.3 is 20.0 Å². The maximum atomic E-state index is 12.1. The van der Waals surface area contributed by atoms with Crippen LogP contribution in [0.1, 0.15) is 24.0 Å². The lowest BCUT2D eigenvalue weighted by molar-refractivity contribution is -0.920. The summed E-state index contributed by atoms with van der Waals surface area (Å²) in [6.07, 6.45) is 2.51. The molecule has 1 unspecified atom stereocenters. The minimum absolute atomic E-state index is 0.0197. The molecule has 0 aliphatic rings. The largest absolute Gasteiger partial charge is 0.463 e. The van der Waals surface area contributed by atoms with Crippen molar-refractivity contribution >= 4 is 23.2 Å². The van der Waals surface area contributed by atoms with Crippen molar-refractivity contribution in [1.29, 1.82) is 0 Å². The second-order valence-electron chi connectivity index (χ2n) is 5.57. The van der Waals surface area contributed by atoms with Gasteiger partial charge in [0.1, 0.15) is 13.1 Å². The Hall–Kier alpha value is -2.12. The summed E-state index contributed by atoms with van der Waals surface area (Å²) in [5.41, 5.74) is 0. The molecule has 7 heteroatoms. The third-order valence-electron chi connectivity index (χ3n) is 3.44. The van der Waals surface area contributed by atoms with Gasteiger partial charge in [-0.3, -0.25) is 9.59 Å². The number of quaternary nitrogens is 1. The maximum absolute atomic E-state index is 12.1. The number of nitrogens with one attached hydrogen (secondary N) is 3. The molecule has 3 N–H and O–H groups in total. The zero-order valence-corrected chi connectivity index (χ0v) is 14.7. The molecule has 0 saturated carbocycles. The zero-order chi connectivity index (χ0) is 17.2. The van der Waals surface area contributed by atoms with Gasteiger partial charge in [-0.15, -0.1) is 11.3 Å². The van der Waals surface area contributed by atoms with Gasteiger partial charge in [-0.2, -0.15) is 0 Å². The SMILES string of the molecule is CCCNC(=O)CNC(=O)C[NH+](Cc1ccco1)Cc1cccs1. The monoisotopic (exact) mass is 350 g/mol. The average molecular weight is 350 g/mol. The van der Waals surface area contributed by atoms with Gasteiger partial charge in [-0.25, -0.2) is 0 Å². The van der Waals surface area contributed by atoms with Crippen LogP contribution in [0.15, 0.2) is 40.3 Å². The van der Waals surface area contributed by atoms with Crippen molar-refractivity contribution in [2.24, 2.45) is 0 Å². The normalized spacial score (nSPS) is 11.9. The van der Waals surface area contributed by atoms with Crippen LogP contribution in [0.2, 0.25) is 0 Å². The second-order valence-corrected chi connectivity index (χ2v) is 6.60. The number of rotatable bonds is 10. The molecule has 1 atom stereocenters. The summed E-state index contributed by atoms with van der Waals surface area (Å²) in [5, 5.41) is 7.45. The van der Waals surface area contributed by atoms with E-state index in [1.807, 2.05) is 30.5 Å². The van der Waals surface area contributed by atoms with Crippen LogP contribution in [0.4, 0.5) is 0 Å². The van der Waals surface area contributed by atoms with E-state index < -0.39 is 0 Å². The average Bonchev–Trinajstić information content (AvgIpc) is 3.24. The Balaban J connectivity index is 1.84. The van der Waals surface area contributed by atoms with Crippen molar-refractivity contribution in [2.75, 3.05) is 19.6 Å². The topological polar surface area (TPSA) is 75.8 Å². The summed E-state index contributed by atoms with van der Waals surface area (Å²) < 4.78 is 5.39. The summed E-state index contributed by atoms with van der Waals surface area (Å²) in [7, 11) is 0. The number of hydrogen-bond acceptors (Lipinski definition) is 4. The van der Waals surface area contributed by atoms with Crippen molar-refractivity contribution < 1.29 is 18.9 Å². The Morgan fingerprint density at radius 3 is 2.71 bits per heavy atom. The molecular weight excluding hydrogens is 326 g/mol. The highest BCUT2D eigenvalue weighted by Gasteiger charge is 2.18. The summed E-state index contributed by atoms with van der Waals surface area (Å²) in [5.74, 6) is 0.547. The number of carbonyl (C=O) groups excluding carboxylic acids is 2. The van der Waals surface area contributed by atoms with Crippen LogP contribution in [0.5, 0.6) is 0 Å². The van der Waals surface area contributed by atoms with Gasteiger partial charge in [-0.05, 0) is 30.0 Å². The van der Waals surface area contributed by atoms with Crippen LogP contribution in [-0.2, 0) is 22.7 Å². The lowest BCUT2D eigenvalue weighted by Crippen LogP contribution is -3.10. The van der Waals surface area contributed by atoms with Gasteiger partial charge in [0.2, 0.25) is 5.91 Å². The van der Waals surface area contributed by atoms with Gasteiger partial charge in [-0.1, -0.05) is 13.0 Å². The van der Waals surface area contributed by atoms with E-state index in [-0.39, 0.29) is 18.4 Å². The third kappa shape index (κ3) is 6.55. The molecule has 0 aliphatic heterocycles. The van der Waals surface area contributed by atoms with Crippen LogP contribution in [0.3, 0.4) is 0 Å². The molecule has 0 saturated heterocycles. The number of carbonyl (C=O) groups is 2. The Bertz CT molecular complexity index is 575. The molecule has 130 valence electrons. The van der Waals surface area contributed by atoms with Crippen molar-refractivity contribution in [2.45, 2.75) is 26.4 Å². The predicted octanol–water partition coefficient (Wildman–Crippen LogP) is 0.569. The molecule has 0 aliphatic carbocycles. The van der Waals surface area contributed by atoms with E-state index in [1.165, 1.54) is 4.88 Å². The molecule has 0 spiro atoms. The van der Waals surface area contributed by atoms with Crippen LogP contribution >= 0.6 is 11.3 Å². The van der Waals surface area contributed by atoms with E-state index in [0.717, 1.165) is 23.6 Å². The van der Waals surface area contributed by atoms with Gasteiger partial charge >= 0.3 is 0 Å². The van der Waals surface area contributed by atoms with Crippen LogP contribution < -0.4 is 15.5 Å². The number of amides is 2. The molecule has 24 heavy (non-hydrogen) atoms. The Kier molecular flexibility index (Phi) is 7.51. The van der Waals surface area contributed by atoms with E-state index >= 15 is 0 Å². The third-order valence-corrected chi connectivity index (χ3v) is 4.31. The fourth-order valence-electron chi connectivity index (χ4n) is 2.30. The standard InChI is InChI=1S/C17H23N3O3S/c1-2-7-18-16(21)10-19-17(22)13-20(11-14-5-3-8-23-14)12-15-6-4-9-24-15/h3-6,8-9H,2,7,10-13H2,1H3,(H,18,21)(H,19,22)/p+1. The molecule has 2 aromatic rings. The lowest BCUT2D eigenvalue weighted by atomic mass is 10.3. The van der Waals surface area contributed by atoms with E-state index in [1.54, 1.807) is 17.6 Å². The Labute approximate surface area is 145 Å². The first-order chi connectivity index (χ1) is 11.7. The van der Waals surface area contributed by atoms with E-state index in [2.05, 4.69) is 16.7 Å². The molecule has 0 fully saturated rings. The molecule has 2 aromatic heterocycles. The minimum atomic E-state index is -0.156. The highest BCUT2D eigenvalue weighted by atomic mass is 32.1. The molecule has 2 heterocycles. The van der Waals surface area contributed by atoms with E-state index in [9.17, 15) is 9.59 Å². The van der Waals surface area contributed by atoms with Gasteiger partial charge in [0.15, 0.2) is 12.3 Å². The predicted molar refractivity (Wildman–Crippen MR) is 92.6 cm³/mol. The highest BCUT2D eigenvalue weighted by molar-refractivity contribution is 7.09. The second kappa shape index (κ2) is 9.89. The van der Waals surface area contributed by atoms with Crippen LogP contribution in [0.25, 0.3) is 0 Å². The van der Waals surface area contributed by atoms with E-state index in [4.69, 9.17) is 4.42 Å². The minimum Gasteiger partial charge on any atom is -0.463 e. The highest BCUT2D eigenvalue weighted by Crippen LogP contribution is 2.06. The van der Waals surface area contributed by atoms with E-state index in [0.29, 0.717) is 19.6 Å². The molecule has 6 nitrogen and oxygen atoms in total. The molecule has 0 bridgehead atoms. The quantitative estimate of drug-likeness (QED) is 0.586. The molecule has 2 rings (SSSR count). The lowest BCUT2D eigenvalue weighted by Gasteiger charge is -2.17. The van der Waals surface area contributed by atoms with Crippen LogP contribution in [-0.4, -0.2) is 31.4 Å². The van der Waals surface area contributed by atoms with Crippen molar-refractivity contribution in [3.8, 4) is 0 Å². The first kappa shape index (κ1) is 18.2. The Morgan fingerprint density at radius 1 is 1.17 bits per heavy atom. The number of furan rings is 1. The molecule has 0 aromatic carbocycles. The summed E-state index contributed by atoms with van der Waals surface area (Å²) in [4.78, 5) is 26.0. The first-order valence-corrected chi connectivity index (χ1v) is 8.97.